The lowest BCUT2D eigenvalue weighted by Gasteiger charge is -2.10. The van der Waals surface area contributed by atoms with Gasteiger partial charge in [-0.3, -0.25) is 0 Å². The highest BCUT2D eigenvalue weighted by Gasteiger charge is 2.09. The van der Waals surface area contributed by atoms with Crippen LogP contribution in [0.3, 0.4) is 0 Å². The van der Waals surface area contributed by atoms with Gasteiger partial charge in [0, 0.05) is 13.6 Å². The summed E-state index contributed by atoms with van der Waals surface area (Å²) in [6.07, 6.45) is 1.79. The minimum absolute atomic E-state index is 0.277. The molecule has 24 heavy (non-hydrogen) atoms. The average molecular weight is 324 g/mol. The zero-order valence-electron chi connectivity index (χ0n) is 14.7. The van der Waals surface area contributed by atoms with Crippen LogP contribution in [0.15, 0.2) is 47.5 Å². The van der Waals surface area contributed by atoms with E-state index in [0.29, 0.717) is 5.56 Å². The van der Waals surface area contributed by atoms with Crippen molar-refractivity contribution in [3.63, 3.8) is 0 Å². The van der Waals surface area contributed by atoms with Gasteiger partial charge in [0.05, 0.1) is 17.6 Å². The Morgan fingerprint density at radius 2 is 1.88 bits per heavy atom. The number of benzene rings is 2. The van der Waals surface area contributed by atoms with E-state index in [1.54, 1.807) is 12.4 Å². The number of aryl methyl sites for hydroxylation is 2. The Hall–Kier alpha value is -2.62. The summed E-state index contributed by atoms with van der Waals surface area (Å²) < 4.78 is 5.38. The van der Waals surface area contributed by atoms with Gasteiger partial charge in [0.2, 0.25) is 0 Å². The van der Waals surface area contributed by atoms with Crippen LogP contribution in [0.4, 0.5) is 5.69 Å². The number of rotatable bonds is 6. The van der Waals surface area contributed by atoms with Gasteiger partial charge in [-0.1, -0.05) is 29.8 Å². The molecular weight excluding hydrogens is 300 g/mol. The number of carbonyl (C=O) groups excluding carboxylic acids is 1. The average Bonchev–Trinajstić information content (AvgIpc) is 2.59. The smallest absolute Gasteiger partial charge is 0.338 e. The van der Waals surface area contributed by atoms with Crippen LogP contribution >= 0.6 is 0 Å². The molecule has 0 atom stereocenters. The zero-order valence-corrected chi connectivity index (χ0v) is 14.7. The molecular formula is C20H24N2O2. The molecule has 0 aliphatic heterocycles. The topological polar surface area (TPSA) is 41.9 Å². The molecule has 2 aromatic rings. The molecule has 0 aromatic heterocycles. The molecule has 4 nitrogen and oxygen atoms in total. The monoisotopic (exact) mass is 324 g/mol. The fourth-order valence-electron chi connectivity index (χ4n) is 2.09. The number of aliphatic imine (C=N–C) groups is 1. The predicted molar refractivity (Wildman–Crippen MR) is 97.9 cm³/mol. The molecule has 0 aliphatic carbocycles. The largest absolute Gasteiger partial charge is 0.457 e. The van der Waals surface area contributed by atoms with Crippen LogP contribution in [0.1, 0.15) is 34.0 Å². The van der Waals surface area contributed by atoms with Crippen molar-refractivity contribution >= 4 is 18.0 Å². The van der Waals surface area contributed by atoms with E-state index in [0.717, 1.165) is 23.4 Å². The van der Waals surface area contributed by atoms with E-state index in [-0.39, 0.29) is 12.6 Å². The van der Waals surface area contributed by atoms with Gasteiger partial charge in [0.15, 0.2) is 0 Å². The highest BCUT2D eigenvalue weighted by Crippen LogP contribution is 2.20. The Morgan fingerprint density at radius 1 is 1.17 bits per heavy atom. The summed E-state index contributed by atoms with van der Waals surface area (Å²) in [5, 5.41) is 0. The van der Waals surface area contributed by atoms with Crippen molar-refractivity contribution in [2.45, 2.75) is 27.4 Å². The van der Waals surface area contributed by atoms with E-state index < -0.39 is 0 Å². The van der Waals surface area contributed by atoms with Crippen LogP contribution in [0.5, 0.6) is 0 Å². The third-order valence-corrected chi connectivity index (χ3v) is 3.82. The third-order valence-electron chi connectivity index (χ3n) is 3.82. The number of ether oxygens (including phenoxy) is 1. The molecule has 0 aliphatic rings. The highest BCUT2D eigenvalue weighted by molar-refractivity contribution is 5.90. The van der Waals surface area contributed by atoms with Crippen LogP contribution in [-0.2, 0) is 11.3 Å². The molecule has 0 saturated carbocycles. The van der Waals surface area contributed by atoms with Crippen molar-refractivity contribution in [3.05, 3.63) is 64.7 Å². The van der Waals surface area contributed by atoms with Crippen LogP contribution < -0.4 is 0 Å². The van der Waals surface area contributed by atoms with E-state index in [1.807, 2.05) is 62.2 Å². The summed E-state index contributed by atoms with van der Waals surface area (Å²) in [5.74, 6) is -0.320. The Balaban J connectivity index is 2.01. The molecule has 0 saturated heterocycles. The lowest BCUT2D eigenvalue weighted by molar-refractivity contribution is 0.0472. The van der Waals surface area contributed by atoms with Gasteiger partial charge in [0.25, 0.3) is 0 Å². The quantitative estimate of drug-likeness (QED) is 0.453. The van der Waals surface area contributed by atoms with Crippen molar-refractivity contribution < 1.29 is 9.53 Å². The maximum absolute atomic E-state index is 12.2. The van der Waals surface area contributed by atoms with E-state index in [1.165, 1.54) is 5.56 Å². The lowest BCUT2D eigenvalue weighted by atomic mass is 10.1. The minimum Gasteiger partial charge on any atom is -0.457 e. The van der Waals surface area contributed by atoms with Crippen molar-refractivity contribution in [1.29, 1.82) is 0 Å². The maximum Gasteiger partial charge on any atom is 0.338 e. The number of hydrogen-bond acceptors (Lipinski definition) is 3. The normalized spacial score (nSPS) is 10.8. The van der Waals surface area contributed by atoms with E-state index >= 15 is 0 Å². The van der Waals surface area contributed by atoms with E-state index in [2.05, 4.69) is 11.9 Å². The second-order valence-corrected chi connectivity index (χ2v) is 5.88. The van der Waals surface area contributed by atoms with Gasteiger partial charge >= 0.3 is 5.97 Å². The first-order chi connectivity index (χ1) is 11.5. The van der Waals surface area contributed by atoms with Gasteiger partial charge < -0.3 is 9.64 Å². The van der Waals surface area contributed by atoms with E-state index in [9.17, 15) is 4.79 Å². The SMILES string of the molecule is CCN(C)/C=N/c1ccc(C(=O)OCc2ccc(C)cc2)cc1C. The van der Waals surface area contributed by atoms with Gasteiger partial charge in [-0.05, 0) is 50.1 Å². The second-order valence-electron chi connectivity index (χ2n) is 5.88. The first kappa shape index (κ1) is 17.7. The molecule has 0 spiro atoms. The predicted octanol–water partition coefficient (Wildman–Crippen LogP) is 4.27. The van der Waals surface area contributed by atoms with Crippen molar-refractivity contribution in [1.82, 2.24) is 4.90 Å². The fraction of sp³-hybridized carbons (Fsp3) is 0.300. The maximum atomic E-state index is 12.2. The zero-order chi connectivity index (χ0) is 17.5. The van der Waals surface area contributed by atoms with Gasteiger partial charge in [-0.2, -0.15) is 0 Å². The van der Waals surface area contributed by atoms with Crippen molar-refractivity contribution in [3.8, 4) is 0 Å². The molecule has 0 unspecified atom stereocenters. The third kappa shape index (κ3) is 4.95. The van der Waals surface area contributed by atoms with Crippen LogP contribution in [0.25, 0.3) is 0 Å². The Morgan fingerprint density at radius 3 is 2.50 bits per heavy atom. The Labute approximate surface area is 143 Å². The first-order valence-electron chi connectivity index (χ1n) is 8.07. The Kier molecular flexibility index (Phi) is 6.13. The fourth-order valence-corrected chi connectivity index (χ4v) is 2.09. The molecule has 0 N–H and O–H groups in total. The molecule has 0 radical (unpaired) electrons. The summed E-state index contributed by atoms with van der Waals surface area (Å²) in [6.45, 7) is 7.20. The number of esters is 1. The van der Waals surface area contributed by atoms with Crippen LogP contribution in [0.2, 0.25) is 0 Å². The lowest BCUT2D eigenvalue weighted by Crippen LogP contribution is -2.14. The summed E-state index contributed by atoms with van der Waals surface area (Å²) in [5.41, 5.74) is 4.51. The standard InChI is InChI=1S/C20H24N2O2/c1-5-22(4)14-21-19-11-10-18(12-16(19)3)20(23)24-13-17-8-6-15(2)7-9-17/h6-12,14H,5,13H2,1-4H3/b21-14+. The summed E-state index contributed by atoms with van der Waals surface area (Å²) in [6, 6.07) is 13.4. The number of carbonyl (C=O) groups is 1. The highest BCUT2D eigenvalue weighted by atomic mass is 16.5. The molecule has 4 heteroatoms. The number of hydrogen-bond donors (Lipinski definition) is 0. The Bertz CT molecular complexity index is 721. The van der Waals surface area contributed by atoms with E-state index in [4.69, 9.17) is 4.74 Å². The first-order valence-corrected chi connectivity index (χ1v) is 8.07. The molecule has 0 heterocycles. The molecule has 2 rings (SSSR count). The van der Waals surface area contributed by atoms with Gasteiger partial charge in [-0.25, -0.2) is 9.79 Å². The summed E-state index contributed by atoms with van der Waals surface area (Å²) >= 11 is 0. The van der Waals surface area contributed by atoms with Crippen molar-refractivity contribution in [2.75, 3.05) is 13.6 Å². The van der Waals surface area contributed by atoms with Gasteiger partial charge in [-0.15, -0.1) is 0 Å². The van der Waals surface area contributed by atoms with Crippen LogP contribution in [-0.4, -0.2) is 30.8 Å². The summed E-state index contributed by atoms with van der Waals surface area (Å²) in [4.78, 5) is 18.6. The molecule has 0 bridgehead atoms. The molecule has 0 fully saturated rings. The molecule has 0 amide bonds. The van der Waals surface area contributed by atoms with Crippen LogP contribution in [0, 0.1) is 13.8 Å². The molecule has 2 aromatic carbocycles. The number of nitrogens with zero attached hydrogens (tertiary/aromatic N) is 2. The molecule has 126 valence electrons. The summed E-state index contributed by atoms with van der Waals surface area (Å²) in [7, 11) is 1.97. The van der Waals surface area contributed by atoms with Crippen molar-refractivity contribution in [2.24, 2.45) is 4.99 Å². The minimum atomic E-state index is -0.320. The van der Waals surface area contributed by atoms with Gasteiger partial charge in [0.1, 0.15) is 6.61 Å². The second kappa shape index (κ2) is 8.29.